The summed E-state index contributed by atoms with van der Waals surface area (Å²) in [6.07, 6.45) is 6.67. The minimum Gasteiger partial charge on any atom is -0.493 e. The van der Waals surface area contributed by atoms with Crippen LogP contribution in [-0.2, 0) is 0 Å². The number of fused-ring (bicyclic) bond motifs is 1. The van der Waals surface area contributed by atoms with Gasteiger partial charge in [0.1, 0.15) is 13.2 Å². The van der Waals surface area contributed by atoms with Crippen molar-refractivity contribution >= 4 is 23.5 Å². The normalized spacial score (nSPS) is 22.5. The molecule has 25 heavy (non-hydrogen) atoms. The summed E-state index contributed by atoms with van der Waals surface area (Å²) in [6, 6.07) is 4.17. The van der Waals surface area contributed by atoms with Gasteiger partial charge in [0.15, 0.2) is 16.6 Å². The number of thiocarbonyl (C=S) groups is 1. The lowest BCUT2D eigenvalue weighted by Crippen LogP contribution is -2.44. The predicted octanol–water partition coefficient (Wildman–Crippen LogP) is 2.84. The maximum Gasteiger partial charge on any atom is 0.203 e. The Morgan fingerprint density at radius 3 is 2.88 bits per heavy atom. The van der Waals surface area contributed by atoms with Crippen LogP contribution < -0.4 is 25.0 Å². The molecule has 136 valence electrons. The Hall–Kier alpha value is -2.02. The highest BCUT2D eigenvalue weighted by molar-refractivity contribution is 7.80. The summed E-state index contributed by atoms with van der Waals surface area (Å²) in [7, 11) is 1.61. The van der Waals surface area contributed by atoms with Crippen LogP contribution in [0.4, 0.5) is 0 Å². The Morgan fingerprint density at radius 1 is 1.28 bits per heavy atom. The van der Waals surface area contributed by atoms with E-state index in [9.17, 15) is 0 Å². The summed E-state index contributed by atoms with van der Waals surface area (Å²) in [5.74, 6) is 2.58. The zero-order chi connectivity index (χ0) is 17.6. The molecule has 1 aromatic carbocycles. The van der Waals surface area contributed by atoms with Gasteiger partial charge in [-0.2, -0.15) is 5.10 Å². The van der Waals surface area contributed by atoms with Crippen molar-refractivity contribution in [2.75, 3.05) is 20.3 Å². The summed E-state index contributed by atoms with van der Waals surface area (Å²) in [4.78, 5) is 0. The summed E-state index contributed by atoms with van der Waals surface area (Å²) >= 11 is 5.34. The minimum atomic E-state index is 0.429. The van der Waals surface area contributed by atoms with Crippen LogP contribution in [0.3, 0.4) is 0 Å². The Bertz CT molecular complexity index is 633. The summed E-state index contributed by atoms with van der Waals surface area (Å²) < 4.78 is 16.6. The average molecular weight is 363 g/mol. The van der Waals surface area contributed by atoms with Crippen LogP contribution in [0.2, 0.25) is 0 Å². The van der Waals surface area contributed by atoms with Gasteiger partial charge in [-0.1, -0.05) is 19.8 Å². The van der Waals surface area contributed by atoms with Gasteiger partial charge in [0.2, 0.25) is 5.75 Å². The molecule has 0 radical (unpaired) electrons. The second-order valence-corrected chi connectivity index (χ2v) is 6.87. The topological polar surface area (TPSA) is 64.1 Å². The van der Waals surface area contributed by atoms with Crippen LogP contribution in [0, 0.1) is 5.92 Å². The molecular formula is C18H25N3O3S. The van der Waals surface area contributed by atoms with E-state index in [1.165, 1.54) is 19.3 Å². The van der Waals surface area contributed by atoms with Gasteiger partial charge in [0, 0.05) is 11.6 Å². The van der Waals surface area contributed by atoms with E-state index in [1.54, 1.807) is 13.3 Å². The predicted molar refractivity (Wildman–Crippen MR) is 102 cm³/mol. The third-order valence-corrected chi connectivity index (χ3v) is 4.87. The smallest absolute Gasteiger partial charge is 0.203 e. The van der Waals surface area contributed by atoms with E-state index in [0.29, 0.717) is 47.5 Å². The van der Waals surface area contributed by atoms with Crippen molar-refractivity contribution in [1.82, 2.24) is 10.7 Å². The van der Waals surface area contributed by atoms with Gasteiger partial charge in [-0.05, 0) is 43.1 Å². The van der Waals surface area contributed by atoms with Crippen LogP contribution in [0.1, 0.15) is 38.2 Å². The number of hydrazone groups is 1. The SMILES string of the molecule is COc1cc(/C=N\NC(=S)N[C@@H]2CCCC[C@@H]2C)cc2c1OCCO2. The Kier molecular flexibility index (Phi) is 5.96. The summed E-state index contributed by atoms with van der Waals surface area (Å²) in [6.45, 7) is 3.32. The minimum absolute atomic E-state index is 0.429. The number of nitrogens with zero attached hydrogens (tertiary/aromatic N) is 1. The Balaban J connectivity index is 1.59. The third-order valence-electron chi connectivity index (χ3n) is 4.66. The van der Waals surface area contributed by atoms with Crippen LogP contribution in [-0.4, -0.2) is 37.7 Å². The maximum atomic E-state index is 5.62. The molecule has 3 rings (SSSR count). The first-order valence-corrected chi connectivity index (χ1v) is 9.15. The third kappa shape index (κ3) is 4.54. The highest BCUT2D eigenvalue weighted by Gasteiger charge is 2.21. The number of methoxy groups -OCH3 is 1. The molecule has 0 aromatic heterocycles. The van der Waals surface area contributed by atoms with E-state index in [0.717, 1.165) is 12.0 Å². The highest BCUT2D eigenvalue weighted by atomic mass is 32.1. The molecule has 1 saturated carbocycles. The lowest BCUT2D eigenvalue weighted by atomic mass is 9.86. The zero-order valence-corrected chi connectivity index (χ0v) is 15.5. The number of hydrogen-bond donors (Lipinski definition) is 2. The van der Waals surface area contributed by atoms with Gasteiger partial charge in [0.25, 0.3) is 0 Å². The van der Waals surface area contributed by atoms with Gasteiger partial charge in [0.05, 0.1) is 13.3 Å². The average Bonchev–Trinajstić information content (AvgIpc) is 2.63. The van der Waals surface area contributed by atoms with Gasteiger partial charge in [-0.15, -0.1) is 0 Å². The van der Waals surface area contributed by atoms with E-state index in [4.69, 9.17) is 26.4 Å². The summed E-state index contributed by atoms with van der Waals surface area (Å²) in [5.41, 5.74) is 3.74. The second-order valence-electron chi connectivity index (χ2n) is 6.46. The molecule has 0 saturated heterocycles. The van der Waals surface area contributed by atoms with E-state index >= 15 is 0 Å². The number of hydrogen-bond acceptors (Lipinski definition) is 5. The van der Waals surface area contributed by atoms with Crippen LogP contribution in [0.5, 0.6) is 17.2 Å². The first-order chi connectivity index (χ1) is 12.2. The van der Waals surface area contributed by atoms with Gasteiger partial charge < -0.3 is 19.5 Å². The number of benzene rings is 1. The number of ether oxygens (including phenoxy) is 3. The molecule has 0 unspecified atom stereocenters. The second kappa shape index (κ2) is 8.38. The monoisotopic (exact) mass is 363 g/mol. The van der Waals surface area contributed by atoms with Gasteiger partial charge >= 0.3 is 0 Å². The molecule has 2 atom stereocenters. The lowest BCUT2D eigenvalue weighted by Gasteiger charge is -2.30. The molecule has 1 aromatic rings. The number of rotatable bonds is 4. The highest BCUT2D eigenvalue weighted by Crippen LogP contribution is 2.39. The molecule has 0 bridgehead atoms. The Labute approximate surface area is 153 Å². The Morgan fingerprint density at radius 2 is 2.08 bits per heavy atom. The van der Waals surface area contributed by atoms with E-state index < -0.39 is 0 Å². The lowest BCUT2D eigenvalue weighted by molar-refractivity contribution is 0.165. The fourth-order valence-corrected chi connectivity index (χ4v) is 3.47. The van der Waals surface area contributed by atoms with Crippen LogP contribution in [0.25, 0.3) is 0 Å². The molecule has 7 heteroatoms. The largest absolute Gasteiger partial charge is 0.493 e. The molecular weight excluding hydrogens is 338 g/mol. The number of nitrogens with one attached hydrogen (secondary N) is 2. The van der Waals surface area contributed by atoms with Crippen LogP contribution in [0.15, 0.2) is 17.2 Å². The van der Waals surface area contributed by atoms with E-state index in [2.05, 4.69) is 22.8 Å². The molecule has 6 nitrogen and oxygen atoms in total. The maximum absolute atomic E-state index is 5.62. The zero-order valence-electron chi connectivity index (χ0n) is 14.7. The van der Waals surface area contributed by atoms with Crippen LogP contribution >= 0.6 is 12.2 Å². The van der Waals surface area contributed by atoms with Crippen molar-refractivity contribution in [1.29, 1.82) is 0 Å². The molecule has 1 aliphatic heterocycles. The molecule has 2 aliphatic rings. The molecule has 1 aliphatic carbocycles. The van der Waals surface area contributed by atoms with Crippen molar-refractivity contribution in [3.63, 3.8) is 0 Å². The van der Waals surface area contributed by atoms with Gasteiger partial charge in [-0.3, -0.25) is 5.43 Å². The first kappa shape index (κ1) is 17.8. The van der Waals surface area contributed by atoms with E-state index in [-0.39, 0.29) is 0 Å². The van der Waals surface area contributed by atoms with Crippen molar-refractivity contribution < 1.29 is 14.2 Å². The molecule has 1 heterocycles. The fourth-order valence-electron chi connectivity index (χ4n) is 3.26. The van der Waals surface area contributed by atoms with Gasteiger partial charge in [-0.25, -0.2) is 0 Å². The summed E-state index contributed by atoms with van der Waals surface area (Å²) in [5, 5.41) is 8.15. The first-order valence-electron chi connectivity index (χ1n) is 8.74. The molecule has 0 amide bonds. The quantitative estimate of drug-likeness (QED) is 0.487. The van der Waals surface area contributed by atoms with Crippen molar-refractivity contribution in [2.24, 2.45) is 11.0 Å². The van der Waals surface area contributed by atoms with Crippen molar-refractivity contribution in [3.05, 3.63) is 17.7 Å². The van der Waals surface area contributed by atoms with E-state index in [1.807, 2.05) is 12.1 Å². The molecule has 2 N–H and O–H groups in total. The van der Waals surface area contributed by atoms with Crippen molar-refractivity contribution in [2.45, 2.75) is 38.6 Å². The fraction of sp³-hybridized carbons (Fsp3) is 0.556. The van der Waals surface area contributed by atoms with Crippen molar-refractivity contribution in [3.8, 4) is 17.2 Å². The standard InChI is InChI=1S/C18H25N3O3S/c1-12-5-3-4-6-14(12)20-18(25)21-19-11-13-9-15(22-2)17-16(10-13)23-7-8-24-17/h9-12,14H,3-8H2,1-2H3,(H2,20,21,25)/b19-11-/t12-,14+/m0/s1. The molecule has 0 spiro atoms. The molecule has 1 fully saturated rings.